The van der Waals surface area contributed by atoms with Crippen LogP contribution < -0.4 is 0 Å². The Balaban J connectivity index is 3.03. The van der Waals surface area contributed by atoms with Crippen molar-refractivity contribution in [3.8, 4) is 0 Å². The summed E-state index contributed by atoms with van der Waals surface area (Å²) in [5, 5.41) is 0. The van der Waals surface area contributed by atoms with Crippen molar-refractivity contribution in [1.29, 1.82) is 0 Å². The average Bonchev–Trinajstić information content (AvgIpc) is 1.81. The summed E-state index contributed by atoms with van der Waals surface area (Å²) in [5.41, 5.74) is 0. The van der Waals surface area contributed by atoms with Crippen molar-refractivity contribution in [1.82, 2.24) is 0 Å². The molecule has 0 amide bonds. The van der Waals surface area contributed by atoms with E-state index in [4.69, 9.17) is 0 Å². The predicted molar refractivity (Wildman–Crippen MR) is 42.1 cm³/mol. The van der Waals surface area contributed by atoms with Gasteiger partial charge in [-0.05, 0) is 17.8 Å². The zero-order valence-corrected chi connectivity index (χ0v) is 6.69. The third-order valence-electron chi connectivity index (χ3n) is 0.764. The van der Waals surface area contributed by atoms with Crippen LogP contribution in [-0.2, 0) is 0 Å². The molecule has 0 aromatic rings. The van der Waals surface area contributed by atoms with Gasteiger partial charge in [0.1, 0.15) is 0 Å². The van der Waals surface area contributed by atoms with Gasteiger partial charge in [-0.3, -0.25) is 0 Å². The van der Waals surface area contributed by atoms with E-state index >= 15 is 0 Å². The highest BCUT2D eigenvalue weighted by Gasteiger charge is 1.66. The number of allylic oxidation sites excluding steroid dienone is 3. The van der Waals surface area contributed by atoms with Crippen LogP contribution in [0.4, 0.5) is 0 Å². The zero-order chi connectivity index (χ0) is 6.24. The van der Waals surface area contributed by atoms with E-state index in [2.05, 4.69) is 41.1 Å². The molecule has 0 aliphatic carbocycles. The topological polar surface area (TPSA) is 0 Å². The second-order valence-corrected chi connectivity index (χ2v) is 2.01. The molecule has 0 atom stereocenters. The second kappa shape index (κ2) is 6.96. The third kappa shape index (κ3) is 5.96. The van der Waals surface area contributed by atoms with Gasteiger partial charge in [0.05, 0.1) is 0 Å². The minimum atomic E-state index is 1.04. The van der Waals surface area contributed by atoms with Gasteiger partial charge in [0.15, 0.2) is 0 Å². The Morgan fingerprint density at radius 1 is 1.25 bits per heavy atom. The predicted octanol–water partition coefficient (Wildman–Crippen LogP) is 3.25. The maximum Gasteiger partial charge on any atom is -0.0161 e. The lowest BCUT2D eigenvalue weighted by molar-refractivity contribution is 1.20. The van der Waals surface area contributed by atoms with E-state index in [0.717, 1.165) is 12.8 Å². The van der Waals surface area contributed by atoms with E-state index in [-0.39, 0.29) is 0 Å². The Bertz CT molecular complexity index is 82.4. The molecule has 0 aliphatic heterocycles. The molecule has 0 unspecified atom stereocenters. The Labute approximate surface area is 59.4 Å². The van der Waals surface area contributed by atoms with Gasteiger partial charge < -0.3 is 0 Å². The molecule has 0 nitrogen and oxygen atoms in total. The van der Waals surface area contributed by atoms with Gasteiger partial charge in [0.25, 0.3) is 0 Å². The largest absolute Gasteiger partial charge is 0.0885 e. The van der Waals surface area contributed by atoms with Crippen LogP contribution in [0.2, 0.25) is 0 Å². The first-order valence-corrected chi connectivity index (χ1v) is 3.73. The normalized spacial score (nSPS) is 11.8. The Hall–Kier alpha value is -0.0400. The van der Waals surface area contributed by atoms with Gasteiger partial charge in [-0.2, -0.15) is 0 Å². The molecule has 0 spiro atoms. The lowest BCUT2D eigenvalue weighted by Gasteiger charge is -1.76. The average molecular weight is 175 g/mol. The van der Waals surface area contributed by atoms with Gasteiger partial charge in [-0.1, -0.05) is 41.1 Å². The molecule has 0 heterocycles. The van der Waals surface area contributed by atoms with E-state index in [1.807, 2.05) is 4.99 Å². The fraction of sp³-hybridized carbons (Fsp3) is 0.429. The molecule has 0 aromatic heterocycles. The van der Waals surface area contributed by atoms with E-state index in [9.17, 15) is 0 Å². The summed E-state index contributed by atoms with van der Waals surface area (Å²) >= 11 is 3.19. The Morgan fingerprint density at radius 2 is 2.00 bits per heavy atom. The van der Waals surface area contributed by atoms with Crippen LogP contribution in [0, 0.1) is 0 Å². The smallest absolute Gasteiger partial charge is 0.0161 e. The Kier molecular flexibility index (Phi) is 6.93. The molecule has 0 saturated carbocycles. The molecular formula is C7H11Br. The van der Waals surface area contributed by atoms with Crippen molar-refractivity contribution >= 4 is 15.9 Å². The minimum Gasteiger partial charge on any atom is -0.0885 e. The maximum absolute atomic E-state index is 3.19. The fourth-order valence-corrected chi connectivity index (χ4v) is 0.609. The van der Waals surface area contributed by atoms with Crippen molar-refractivity contribution in [2.24, 2.45) is 0 Å². The summed E-state index contributed by atoms with van der Waals surface area (Å²) in [4.78, 5) is 1.88. The number of halogens is 1. The lowest BCUT2D eigenvalue weighted by Crippen LogP contribution is -1.55. The number of hydrogen-bond donors (Lipinski definition) is 0. The summed E-state index contributed by atoms with van der Waals surface area (Å²) in [6, 6.07) is 0. The summed E-state index contributed by atoms with van der Waals surface area (Å²) < 4.78 is 0. The first-order valence-electron chi connectivity index (χ1n) is 2.82. The highest BCUT2D eigenvalue weighted by molar-refractivity contribution is 9.11. The van der Waals surface area contributed by atoms with Crippen LogP contribution in [0.15, 0.2) is 23.2 Å². The van der Waals surface area contributed by atoms with E-state index in [0.29, 0.717) is 0 Å². The van der Waals surface area contributed by atoms with E-state index < -0.39 is 0 Å². The first-order chi connectivity index (χ1) is 3.91. The van der Waals surface area contributed by atoms with Crippen LogP contribution >= 0.6 is 15.9 Å². The third-order valence-corrected chi connectivity index (χ3v) is 1.14. The van der Waals surface area contributed by atoms with Crippen LogP contribution in [0.3, 0.4) is 0 Å². The monoisotopic (exact) mass is 174 g/mol. The van der Waals surface area contributed by atoms with Crippen molar-refractivity contribution in [3.63, 3.8) is 0 Å². The van der Waals surface area contributed by atoms with Gasteiger partial charge in [-0.25, -0.2) is 0 Å². The van der Waals surface area contributed by atoms with Crippen LogP contribution in [0.1, 0.15) is 19.8 Å². The molecule has 0 rings (SSSR count). The molecule has 1 heteroatoms. The number of rotatable bonds is 3. The van der Waals surface area contributed by atoms with Crippen molar-refractivity contribution in [3.05, 3.63) is 23.2 Å². The van der Waals surface area contributed by atoms with Gasteiger partial charge >= 0.3 is 0 Å². The molecule has 0 aliphatic rings. The summed E-state index contributed by atoms with van der Waals surface area (Å²) in [6.07, 6.45) is 8.55. The molecule has 0 aromatic carbocycles. The quantitative estimate of drug-likeness (QED) is 0.577. The standard InChI is InChI=1S/C7H11Br/c1-2-3-4-5-6-7-8/h3-4,6-7H,2,5H2,1H3. The molecule has 0 fully saturated rings. The van der Waals surface area contributed by atoms with Gasteiger partial charge in [0, 0.05) is 0 Å². The number of hydrogen-bond acceptors (Lipinski definition) is 0. The first kappa shape index (κ1) is 7.96. The van der Waals surface area contributed by atoms with Crippen LogP contribution in [0.25, 0.3) is 0 Å². The molecule has 46 valence electrons. The summed E-state index contributed by atoms with van der Waals surface area (Å²) in [5.74, 6) is 0. The molecule has 0 saturated heterocycles. The van der Waals surface area contributed by atoms with Crippen LogP contribution in [0.5, 0.6) is 0 Å². The Morgan fingerprint density at radius 3 is 2.50 bits per heavy atom. The van der Waals surface area contributed by atoms with Crippen molar-refractivity contribution < 1.29 is 0 Å². The summed E-state index contributed by atoms with van der Waals surface area (Å²) in [7, 11) is 0. The highest BCUT2D eigenvalue weighted by Crippen LogP contribution is 1.90. The maximum atomic E-state index is 3.19. The van der Waals surface area contributed by atoms with Crippen LogP contribution in [-0.4, -0.2) is 0 Å². The molecule has 8 heavy (non-hydrogen) atoms. The van der Waals surface area contributed by atoms with Crippen molar-refractivity contribution in [2.75, 3.05) is 0 Å². The van der Waals surface area contributed by atoms with E-state index in [1.54, 1.807) is 0 Å². The van der Waals surface area contributed by atoms with E-state index in [1.165, 1.54) is 0 Å². The lowest BCUT2D eigenvalue weighted by atomic mass is 10.3. The molecule has 0 bridgehead atoms. The summed E-state index contributed by atoms with van der Waals surface area (Å²) in [6.45, 7) is 2.13. The SMILES string of the molecule is CCC=CCC=CBr. The molecular weight excluding hydrogens is 164 g/mol. The fourth-order valence-electron chi connectivity index (χ4n) is 0.393. The molecule has 0 N–H and O–H groups in total. The molecule has 0 radical (unpaired) electrons. The zero-order valence-electron chi connectivity index (χ0n) is 5.10. The second-order valence-electron chi connectivity index (χ2n) is 1.48. The highest BCUT2D eigenvalue weighted by atomic mass is 79.9. The van der Waals surface area contributed by atoms with Crippen molar-refractivity contribution in [2.45, 2.75) is 19.8 Å². The van der Waals surface area contributed by atoms with Gasteiger partial charge in [0.2, 0.25) is 0 Å². The van der Waals surface area contributed by atoms with Gasteiger partial charge in [-0.15, -0.1) is 0 Å². The minimum absolute atomic E-state index is 1.04.